The van der Waals surface area contributed by atoms with E-state index in [1.165, 1.54) is 12.8 Å². The molecule has 4 nitrogen and oxygen atoms in total. The molecule has 5 heteroatoms. The maximum absolute atomic E-state index is 11.2. The van der Waals surface area contributed by atoms with Gasteiger partial charge in [-0.05, 0) is 18.8 Å². The van der Waals surface area contributed by atoms with Crippen LogP contribution in [0.5, 0.6) is 0 Å². The quantitative estimate of drug-likeness (QED) is 0.767. The Morgan fingerprint density at radius 1 is 1.59 bits per heavy atom. The zero-order chi connectivity index (χ0) is 11.8. The molecule has 0 saturated carbocycles. The Balaban J connectivity index is 2.03. The molecule has 2 aromatic rings. The van der Waals surface area contributed by atoms with Crippen LogP contribution in [0, 0.1) is 5.92 Å². The summed E-state index contributed by atoms with van der Waals surface area (Å²) in [5, 5.41) is 1.96. The van der Waals surface area contributed by atoms with Crippen LogP contribution in [0.4, 0.5) is 5.82 Å². The second-order valence-corrected chi connectivity index (χ2v) is 5.56. The van der Waals surface area contributed by atoms with E-state index in [2.05, 4.69) is 16.8 Å². The number of aldehydes is 1. The fraction of sp³-hybridized carbons (Fsp3) is 0.500. The summed E-state index contributed by atoms with van der Waals surface area (Å²) < 4.78 is 1.88. The predicted octanol–water partition coefficient (Wildman–Crippen LogP) is 2.44. The molecule has 1 fully saturated rings. The van der Waals surface area contributed by atoms with Crippen LogP contribution in [0.25, 0.3) is 4.96 Å². The smallest absolute Gasteiger partial charge is 0.196 e. The van der Waals surface area contributed by atoms with Gasteiger partial charge >= 0.3 is 0 Å². The van der Waals surface area contributed by atoms with Gasteiger partial charge < -0.3 is 4.90 Å². The van der Waals surface area contributed by atoms with Crippen molar-refractivity contribution in [3.05, 3.63) is 17.3 Å². The van der Waals surface area contributed by atoms with Gasteiger partial charge in [0.25, 0.3) is 0 Å². The highest BCUT2D eigenvalue weighted by Crippen LogP contribution is 2.27. The summed E-state index contributed by atoms with van der Waals surface area (Å²) in [5.41, 5.74) is 0.690. The lowest BCUT2D eigenvalue weighted by Gasteiger charge is -2.31. The minimum absolute atomic E-state index is 0.683. The summed E-state index contributed by atoms with van der Waals surface area (Å²) in [5.74, 6) is 1.54. The van der Waals surface area contributed by atoms with E-state index in [0.29, 0.717) is 11.6 Å². The number of nitrogens with zero attached hydrogens (tertiary/aromatic N) is 3. The van der Waals surface area contributed by atoms with Crippen molar-refractivity contribution in [1.82, 2.24) is 9.38 Å². The van der Waals surface area contributed by atoms with Crippen molar-refractivity contribution < 1.29 is 4.79 Å². The maximum Gasteiger partial charge on any atom is 0.196 e. The summed E-state index contributed by atoms with van der Waals surface area (Å²) in [4.78, 5) is 19.0. The molecule has 90 valence electrons. The van der Waals surface area contributed by atoms with Crippen LogP contribution in [0.15, 0.2) is 11.6 Å². The monoisotopic (exact) mass is 249 g/mol. The van der Waals surface area contributed by atoms with Crippen LogP contribution in [0.2, 0.25) is 0 Å². The first-order chi connectivity index (χ1) is 8.29. The molecule has 0 radical (unpaired) electrons. The SMILES string of the molecule is CC1CCCN(c2nc3sccn3c2C=O)C1. The normalized spacial score (nSPS) is 21.0. The molecule has 0 spiro atoms. The average molecular weight is 249 g/mol. The summed E-state index contributed by atoms with van der Waals surface area (Å²) in [7, 11) is 0. The maximum atomic E-state index is 11.2. The first-order valence-corrected chi connectivity index (χ1v) is 6.83. The lowest BCUT2D eigenvalue weighted by Crippen LogP contribution is -2.35. The molecule has 1 unspecified atom stereocenters. The van der Waals surface area contributed by atoms with Crippen molar-refractivity contribution in [2.75, 3.05) is 18.0 Å². The second kappa shape index (κ2) is 4.14. The summed E-state index contributed by atoms with van der Waals surface area (Å²) in [6, 6.07) is 0. The molecule has 2 aromatic heterocycles. The summed E-state index contributed by atoms with van der Waals surface area (Å²) in [6.45, 7) is 4.27. The zero-order valence-corrected chi connectivity index (χ0v) is 10.6. The Morgan fingerprint density at radius 3 is 3.24 bits per heavy atom. The number of hydrogen-bond acceptors (Lipinski definition) is 4. The summed E-state index contributed by atoms with van der Waals surface area (Å²) >= 11 is 1.57. The van der Waals surface area contributed by atoms with Crippen molar-refractivity contribution in [2.24, 2.45) is 5.92 Å². The highest BCUT2D eigenvalue weighted by molar-refractivity contribution is 7.15. The zero-order valence-electron chi connectivity index (χ0n) is 9.80. The topological polar surface area (TPSA) is 37.6 Å². The number of rotatable bonds is 2. The number of hydrogen-bond donors (Lipinski definition) is 0. The van der Waals surface area contributed by atoms with Crippen LogP contribution < -0.4 is 4.90 Å². The van der Waals surface area contributed by atoms with E-state index in [4.69, 9.17) is 0 Å². The van der Waals surface area contributed by atoms with Crippen LogP contribution in [-0.4, -0.2) is 28.8 Å². The highest BCUT2D eigenvalue weighted by Gasteiger charge is 2.22. The lowest BCUT2D eigenvalue weighted by atomic mass is 10.0. The van der Waals surface area contributed by atoms with Gasteiger partial charge in [-0.2, -0.15) is 0 Å². The molecule has 3 rings (SSSR count). The number of anilines is 1. The van der Waals surface area contributed by atoms with Crippen molar-refractivity contribution in [3.8, 4) is 0 Å². The number of carbonyl (C=O) groups is 1. The molecule has 0 aromatic carbocycles. The molecule has 0 bridgehead atoms. The Kier molecular flexibility index (Phi) is 2.63. The van der Waals surface area contributed by atoms with Crippen LogP contribution in [0.3, 0.4) is 0 Å². The fourth-order valence-corrected chi connectivity index (χ4v) is 3.23. The van der Waals surface area contributed by atoms with Gasteiger partial charge in [-0.15, -0.1) is 11.3 Å². The van der Waals surface area contributed by atoms with Gasteiger partial charge in [-0.25, -0.2) is 4.98 Å². The number of carbonyl (C=O) groups excluding carboxylic acids is 1. The van der Waals surface area contributed by atoms with E-state index < -0.39 is 0 Å². The summed E-state index contributed by atoms with van der Waals surface area (Å²) in [6.07, 6.45) is 5.29. The minimum atomic E-state index is 0.683. The molecule has 1 aliphatic heterocycles. The van der Waals surface area contributed by atoms with Gasteiger partial charge in [-0.3, -0.25) is 9.20 Å². The first kappa shape index (κ1) is 10.8. The van der Waals surface area contributed by atoms with E-state index in [9.17, 15) is 4.79 Å². The Hall–Kier alpha value is -1.36. The number of aromatic nitrogens is 2. The lowest BCUT2D eigenvalue weighted by molar-refractivity contribution is 0.111. The number of piperidine rings is 1. The van der Waals surface area contributed by atoms with E-state index in [0.717, 1.165) is 30.2 Å². The Labute approximate surface area is 104 Å². The molecule has 1 aliphatic rings. The average Bonchev–Trinajstić information content (AvgIpc) is 2.88. The van der Waals surface area contributed by atoms with Crippen molar-refractivity contribution in [3.63, 3.8) is 0 Å². The van der Waals surface area contributed by atoms with Crippen molar-refractivity contribution in [1.29, 1.82) is 0 Å². The third kappa shape index (κ3) is 1.74. The van der Waals surface area contributed by atoms with Gasteiger partial charge in [0, 0.05) is 24.7 Å². The fourth-order valence-electron chi connectivity index (χ4n) is 2.52. The molecule has 1 saturated heterocycles. The molecular formula is C12H15N3OS. The third-order valence-electron chi connectivity index (χ3n) is 3.35. The third-order valence-corrected chi connectivity index (χ3v) is 4.10. The Bertz CT molecular complexity index is 545. The standard InChI is InChI=1S/C12H15N3OS/c1-9-3-2-4-14(7-9)11-10(8-16)15-5-6-17-12(15)13-11/h5-6,8-9H,2-4,7H2,1H3. The molecule has 0 N–H and O–H groups in total. The molecule has 3 heterocycles. The van der Waals surface area contributed by atoms with Gasteiger partial charge in [0.05, 0.1) is 0 Å². The van der Waals surface area contributed by atoms with E-state index >= 15 is 0 Å². The minimum Gasteiger partial charge on any atom is -0.354 e. The predicted molar refractivity (Wildman–Crippen MR) is 69.1 cm³/mol. The molecule has 1 atom stereocenters. The highest BCUT2D eigenvalue weighted by atomic mass is 32.1. The van der Waals surface area contributed by atoms with Gasteiger partial charge in [0.2, 0.25) is 0 Å². The van der Waals surface area contributed by atoms with E-state index in [1.807, 2.05) is 16.0 Å². The molecule has 0 amide bonds. The van der Waals surface area contributed by atoms with Gasteiger partial charge in [0.1, 0.15) is 5.69 Å². The second-order valence-electron chi connectivity index (χ2n) is 4.69. The number of fused-ring (bicyclic) bond motifs is 1. The van der Waals surface area contributed by atoms with Crippen LogP contribution >= 0.6 is 11.3 Å². The van der Waals surface area contributed by atoms with Crippen molar-refractivity contribution in [2.45, 2.75) is 19.8 Å². The van der Waals surface area contributed by atoms with E-state index in [-0.39, 0.29) is 0 Å². The van der Waals surface area contributed by atoms with Crippen LogP contribution in [-0.2, 0) is 0 Å². The molecule has 0 aliphatic carbocycles. The van der Waals surface area contributed by atoms with Gasteiger partial charge in [-0.1, -0.05) is 6.92 Å². The molecule has 17 heavy (non-hydrogen) atoms. The largest absolute Gasteiger partial charge is 0.354 e. The number of imidazole rings is 1. The van der Waals surface area contributed by atoms with E-state index in [1.54, 1.807) is 11.3 Å². The van der Waals surface area contributed by atoms with Crippen LogP contribution in [0.1, 0.15) is 30.3 Å². The first-order valence-electron chi connectivity index (χ1n) is 5.95. The van der Waals surface area contributed by atoms with Gasteiger partial charge in [0.15, 0.2) is 17.1 Å². The molecular weight excluding hydrogens is 234 g/mol. The number of thiazole rings is 1. The Morgan fingerprint density at radius 2 is 2.47 bits per heavy atom. The van der Waals surface area contributed by atoms with Crippen molar-refractivity contribution >= 4 is 28.4 Å².